The van der Waals surface area contributed by atoms with Crippen molar-refractivity contribution < 1.29 is 9.15 Å². The zero-order valence-corrected chi connectivity index (χ0v) is 12.6. The third-order valence-corrected chi connectivity index (χ3v) is 5.12. The van der Waals surface area contributed by atoms with Gasteiger partial charge in [0.15, 0.2) is 0 Å². The second kappa shape index (κ2) is 5.15. The van der Waals surface area contributed by atoms with Gasteiger partial charge in [-0.3, -0.25) is 0 Å². The van der Waals surface area contributed by atoms with Crippen molar-refractivity contribution in [1.29, 1.82) is 0 Å². The summed E-state index contributed by atoms with van der Waals surface area (Å²) in [6, 6.07) is 10.3. The van der Waals surface area contributed by atoms with Crippen LogP contribution in [0.3, 0.4) is 0 Å². The summed E-state index contributed by atoms with van der Waals surface area (Å²) in [6.07, 6.45) is 4.92. The quantitative estimate of drug-likeness (QED) is 0.858. The summed E-state index contributed by atoms with van der Waals surface area (Å²) in [5, 5.41) is 4.73. The molecular formula is C18H23NO2. The average Bonchev–Trinajstić information content (AvgIpc) is 2.95. The minimum Gasteiger partial charge on any atom is -0.458 e. The number of morpholine rings is 1. The molecule has 3 heteroatoms. The predicted molar refractivity (Wildman–Crippen MR) is 83.3 cm³/mol. The van der Waals surface area contributed by atoms with Crippen molar-refractivity contribution in [2.24, 2.45) is 5.92 Å². The van der Waals surface area contributed by atoms with Gasteiger partial charge in [0, 0.05) is 18.5 Å². The van der Waals surface area contributed by atoms with Crippen LogP contribution in [0.4, 0.5) is 0 Å². The number of hydrogen-bond acceptors (Lipinski definition) is 3. The van der Waals surface area contributed by atoms with Crippen LogP contribution in [-0.4, -0.2) is 18.7 Å². The molecule has 112 valence electrons. The number of benzene rings is 1. The maximum absolute atomic E-state index is 6.52. The van der Waals surface area contributed by atoms with Crippen LogP contribution >= 0.6 is 0 Å². The van der Waals surface area contributed by atoms with Crippen molar-refractivity contribution in [2.45, 2.75) is 44.3 Å². The number of nitrogens with one attached hydrogen (secondary N) is 1. The first-order valence-corrected chi connectivity index (χ1v) is 8.11. The van der Waals surface area contributed by atoms with E-state index in [1.807, 2.05) is 18.2 Å². The van der Waals surface area contributed by atoms with E-state index in [0.29, 0.717) is 0 Å². The molecule has 1 aromatic carbocycles. The van der Waals surface area contributed by atoms with E-state index in [1.165, 1.54) is 12.8 Å². The largest absolute Gasteiger partial charge is 0.458 e. The monoisotopic (exact) mass is 285 g/mol. The van der Waals surface area contributed by atoms with Crippen LogP contribution in [0.5, 0.6) is 0 Å². The number of para-hydroxylation sites is 1. The Balaban J connectivity index is 1.57. The van der Waals surface area contributed by atoms with Gasteiger partial charge in [-0.25, -0.2) is 0 Å². The van der Waals surface area contributed by atoms with E-state index < -0.39 is 0 Å². The summed E-state index contributed by atoms with van der Waals surface area (Å²) < 4.78 is 12.5. The molecule has 1 spiro atoms. The number of ether oxygens (including phenoxy) is 1. The number of furan rings is 1. The summed E-state index contributed by atoms with van der Waals surface area (Å²) in [5.74, 6) is 1.80. The lowest BCUT2D eigenvalue weighted by atomic mass is 9.78. The summed E-state index contributed by atoms with van der Waals surface area (Å²) >= 11 is 0. The fourth-order valence-corrected chi connectivity index (χ4v) is 3.72. The Kier molecular flexibility index (Phi) is 3.27. The van der Waals surface area contributed by atoms with E-state index in [4.69, 9.17) is 9.15 Å². The second-order valence-electron chi connectivity index (χ2n) is 6.79. The Morgan fingerprint density at radius 2 is 2.00 bits per heavy atom. The fourth-order valence-electron chi connectivity index (χ4n) is 3.72. The molecule has 1 atom stereocenters. The van der Waals surface area contributed by atoms with Crippen LogP contribution in [0.15, 0.2) is 34.7 Å². The number of rotatable bonds is 1. The molecule has 1 aromatic heterocycles. The average molecular weight is 285 g/mol. The van der Waals surface area contributed by atoms with Crippen molar-refractivity contribution in [3.63, 3.8) is 0 Å². The molecule has 2 aliphatic rings. The van der Waals surface area contributed by atoms with Crippen molar-refractivity contribution >= 4 is 11.0 Å². The van der Waals surface area contributed by atoms with E-state index in [1.54, 1.807) is 0 Å². The first-order chi connectivity index (χ1) is 10.2. The van der Waals surface area contributed by atoms with Crippen molar-refractivity contribution in [3.8, 4) is 0 Å². The molecule has 3 nitrogen and oxygen atoms in total. The normalized spacial score (nSPS) is 33.6. The molecule has 0 bridgehead atoms. The van der Waals surface area contributed by atoms with Gasteiger partial charge in [-0.1, -0.05) is 25.1 Å². The van der Waals surface area contributed by atoms with Gasteiger partial charge in [0.2, 0.25) is 0 Å². The Labute approximate surface area is 125 Å². The minimum absolute atomic E-state index is 0.0222. The highest BCUT2D eigenvalue weighted by atomic mass is 16.5. The first kappa shape index (κ1) is 13.4. The molecule has 1 saturated heterocycles. The molecule has 1 aliphatic carbocycles. The van der Waals surface area contributed by atoms with Crippen LogP contribution < -0.4 is 5.32 Å². The highest BCUT2D eigenvalue weighted by Crippen LogP contribution is 2.40. The lowest BCUT2D eigenvalue weighted by Gasteiger charge is -2.45. The second-order valence-corrected chi connectivity index (χ2v) is 6.79. The van der Waals surface area contributed by atoms with Gasteiger partial charge in [0.05, 0.1) is 5.60 Å². The summed E-state index contributed by atoms with van der Waals surface area (Å²) in [7, 11) is 0. The molecule has 1 unspecified atom stereocenters. The molecule has 1 saturated carbocycles. The third-order valence-electron chi connectivity index (χ3n) is 5.12. The van der Waals surface area contributed by atoms with E-state index in [-0.39, 0.29) is 11.7 Å². The van der Waals surface area contributed by atoms with Gasteiger partial charge < -0.3 is 14.5 Å². The Morgan fingerprint density at radius 1 is 1.19 bits per heavy atom. The molecule has 4 rings (SSSR count). The Hall–Kier alpha value is -1.32. The molecule has 21 heavy (non-hydrogen) atoms. The number of hydrogen-bond donors (Lipinski definition) is 1. The van der Waals surface area contributed by atoms with Gasteiger partial charge in [0.1, 0.15) is 17.4 Å². The van der Waals surface area contributed by atoms with Crippen LogP contribution in [0.1, 0.15) is 44.5 Å². The van der Waals surface area contributed by atoms with E-state index in [0.717, 1.165) is 48.6 Å². The van der Waals surface area contributed by atoms with Crippen LogP contribution in [0.2, 0.25) is 0 Å². The lowest BCUT2D eigenvalue weighted by molar-refractivity contribution is -0.145. The maximum atomic E-state index is 6.52. The minimum atomic E-state index is 0.0222. The number of fused-ring (bicyclic) bond motifs is 1. The molecule has 0 radical (unpaired) electrons. The topological polar surface area (TPSA) is 34.4 Å². The lowest BCUT2D eigenvalue weighted by Crippen LogP contribution is -2.52. The van der Waals surface area contributed by atoms with E-state index >= 15 is 0 Å². The standard InChI is InChI=1S/C18H23NO2/c1-13-6-8-18(9-7-13)12-19-11-17(21-18)16-10-14-4-2-3-5-15(14)20-16/h2-5,10,13,17,19H,6-9,11-12H2,1H3. The Bertz CT molecular complexity index is 592. The molecule has 1 N–H and O–H groups in total. The highest BCUT2D eigenvalue weighted by Gasteiger charge is 2.40. The summed E-state index contributed by atoms with van der Waals surface area (Å²) in [5.41, 5.74) is 0.974. The first-order valence-electron chi connectivity index (χ1n) is 8.11. The molecule has 1 aliphatic heterocycles. The van der Waals surface area contributed by atoms with Crippen LogP contribution in [0, 0.1) is 5.92 Å². The molecular weight excluding hydrogens is 262 g/mol. The Morgan fingerprint density at radius 3 is 2.81 bits per heavy atom. The van der Waals surface area contributed by atoms with Gasteiger partial charge in [-0.15, -0.1) is 0 Å². The van der Waals surface area contributed by atoms with Gasteiger partial charge in [0.25, 0.3) is 0 Å². The van der Waals surface area contributed by atoms with Gasteiger partial charge >= 0.3 is 0 Å². The summed E-state index contributed by atoms with van der Waals surface area (Å²) in [6.45, 7) is 4.17. The molecule has 2 fully saturated rings. The predicted octanol–water partition coefficient (Wildman–Crippen LogP) is 4.04. The highest BCUT2D eigenvalue weighted by molar-refractivity contribution is 5.77. The maximum Gasteiger partial charge on any atom is 0.135 e. The zero-order chi connectivity index (χ0) is 14.3. The van der Waals surface area contributed by atoms with E-state index in [9.17, 15) is 0 Å². The molecule has 2 aromatic rings. The molecule has 2 heterocycles. The van der Waals surface area contributed by atoms with E-state index in [2.05, 4.69) is 24.4 Å². The van der Waals surface area contributed by atoms with Crippen molar-refractivity contribution in [2.75, 3.05) is 13.1 Å². The van der Waals surface area contributed by atoms with Crippen molar-refractivity contribution in [1.82, 2.24) is 5.32 Å². The van der Waals surface area contributed by atoms with Crippen molar-refractivity contribution in [3.05, 3.63) is 36.1 Å². The van der Waals surface area contributed by atoms with Gasteiger partial charge in [-0.2, -0.15) is 0 Å². The van der Waals surface area contributed by atoms with Crippen LogP contribution in [-0.2, 0) is 4.74 Å². The zero-order valence-electron chi connectivity index (χ0n) is 12.6. The molecule has 0 amide bonds. The SMILES string of the molecule is CC1CCC2(CC1)CNCC(c1cc3ccccc3o1)O2. The fraction of sp³-hybridized carbons (Fsp3) is 0.556. The summed E-state index contributed by atoms with van der Waals surface area (Å²) in [4.78, 5) is 0. The third kappa shape index (κ3) is 2.49. The van der Waals surface area contributed by atoms with Crippen LogP contribution in [0.25, 0.3) is 11.0 Å². The smallest absolute Gasteiger partial charge is 0.135 e. The van der Waals surface area contributed by atoms with Gasteiger partial charge in [-0.05, 0) is 43.7 Å².